The van der Waals surface area contributed by atoms with E-state index in [4.69, 9.17) is 4.74 Å². The van der Waals surface area contributed by atoms with Crippen molar-refractivity contribution < 1.29 is 22.3 Å². The molecule has 6 nitrogen and oxygen atoms in total. The minimum Gasteiger partial charge on any atom is -0.497 e. The van der Waals surface area contributed by atoms with Gasteiger partial charge in [0.1, 0.15) is 16.4 Å². The molecule has 1 N–H and O–H groups in total. The Morgan fingerprint density at radius 1 is 1.06 bits per heavy atom. The number of hydrogen-bond acceptors (Lipinski definition) is 6. The van der Waals surface area contributed by atoms with Crippen molar-refractivity contribution in [3.63, 3.8) is 0 Å². The smallest absolute Gasteiger partial charge is 0.270 e. The molecule has 0 aliphatic carbocycles. The maximum atomic E-state index is 13.3. The van der Waals surface area contributed by atoms with E-state index in [1.54, 1.807) is 30.7 Å². The molecule has 1 aliphatic heterocycles. The molecule has 1 aliphatic rings. The molecule has 0 unspecified atom stereocenters. The Morgan fingerprint density at radius 2 is 1.74 bits per heavy atom. The largest absolute Gasteiger partial charge is 0.497 e. The van der Waals surface area contributed by atoms with Crippen molar-refractivity contribution in [1.29, 1.82) is 0 Å². The van der Waals surface area contributed by atoms with Gasteiger partial charge in [-0.2, -0.15) is 0 Å². The number of anilines is 1. The number of rotatable bonds is 6. The van der Waals surface area contributed by atoms with Crippen LogP contribution in [-0.2, 0) is 23.1 Å². The summed E-state index contributed by atoms with van der Waals surface area (Å²) in [4.78, 5) is 12.9. The van der Waals surface area contributed by atoms with Gasteiger partial charge in [-0.3, -0.25) is 9.10 Å². The van der Waals surface area contributed by atoms with Crippen LogP contribution in [0.2, 0.25) is 0 Å². The number of fused-ring (bicyclic) bond motifs is 1. The van der Waals surface area contributed by atoms with Gasteiger partial charge in [-0.05, 0) is 46.8 Å². The molecule has 0 spiro atoms. The molecular weight excluding hydrogens is 439 g/mol. The highest BCUT2D eigenvalue weighted by Gasteiger charge is 2.41. The van der Waals surface area contributed by atoms with E-state index in [9.17, 15) is 17.6 Å². The van der Waals surface area contributed by atoms with Gasteiger partial charge in [0.25, 0.3) is 10.0 Å². The number of carbonyl (C=O) groups excluding carboxylic acids is 1. The van der Waals surface area contributed by atoms with Gasteiger partial charge in [-0.25, -0.2) is 12.8 Å². The van der Waals surface area contributed by atoms with Crippen LogP contribution in [0, 0.1) is 5.82 Å². The Hall–Kier alpha value is -3.17. The predicted molar refractivity (Wildman–Crippen MR) is 118 cm³/mol. The maximum absolute atomic E-state index is 13.3. The van der Waals surface area contributed by atoms with Crippen molar-refractivity contribution in [3.05, 3.63) is 92.9 Å². The maximum Gasteiger partial charge on any atom is 0.270 e. The van der Waals surface area contributed by atoms with E-state index in [-0.39, 0.29) is 11.4 Å². The number of ether oxygens (including phenoxy) is 1. The van der Waals surface area contributed by atoms with Gasteiger partial charge in [0.05, 0.1) is 19.3 Å². The Bertz CT molecular complexity index is 1230. The monoisotopic (exact) mass is 458 g/mol. The predicted octanol–water partition coefficient (Wildman–Crippen LogP) is 4.06. The van der Waals surface area contributed by atoms with Gasteiger partial charge in [-0.15, -0.1) is 11.3 Å². The standard InChI is InChI=1S/C22H19FN2O4S2/c1-29-18-8-4-15(5-9-18)12-24-13-20-21(26)22-19(10-11-30-22)25(31(20,27)28)14-16-2-6-17(23)7-3-16/h2-11,13,24H,12,14H2,1H3/b20-13-. The molecule has 2 heterocycles. The molecule has 3 aromatic rings. The van der Waals surface area contributed by atoms with E-state index in [0.717, 1.165) is 5.56 Å². The first-order chi connectivity index (χ1) is 14.9. The normalized spacial score (nSPS) is 16.3. The van der Waals surface area contributed by atoms with Gasteiger partial charge >= 0.3 is 0 Å². The molecule has 0 atom stereocenters. The Morgan fingerprint density at radius 3 is 2.42 bits per heavy atom. The molecule has 31 heavy (non-hydrogen) atoms. The lowest BCUT2D eigenvalue weighted by Crippen LogP contribution is -2.38. The number of carbonyl (C=O) groups is 1. The van der Waals surface area contributed by atoms with Crippen molar-refractivity contribution in [2.45, 2.75) is 13.1 Å². The molecule has 0 saturated heterocycles. The van der Waals surface area contributed by atoms with Crippen LogP contribution < -0.4 is 14.4 Å². The topological polar surface area (TPSA) is 75.7 Å². The van der Waals surface area contributed by atoms with Crippen molar-refractivity contribution in [1.82, 2.24) is 5.32 Å². The average molecular weight is 459 g/mol. The van der Waals surface area contributed by atoms with Gasteiger partial charge in [0.2, 0.25) is 5.78 Å². The Labute approximate surface area is 183 Å². The fourth-order valence-corrected chi connectivity index (χ4v) is 5.72. The average Bonchev–Trinajstić information content (AvgIpc) is 3.25. The number of Topliss-reactive ketones (excluding diaryl/α,β-unsaturated/α-hetero) is 1. The Kier molecular flexibility index (Phi) is 5.79. The highest BCUT2D eigenvalue weighted by Crippen LogP contribution is 2.39. The van der Waals surface area contributed by atoms with Gasteiger partial charge in [0, 0.05) is 12.7 Å². The molecule has 0 radical (unpaired) electrons. The molecule has 1 aromatic heterocycles. The number of hydrogen-bond donors (Lipinski definition) is 1. The molecule has 0 saturated carbocycles. The molecular formula is C22H19FN2O4S2. The van der Waals surface area contributed by atoms with Crippen LogP contribution in [-0.4, -0.2) is 21.3 Å². The van der Waals surface area contributed by atoms with Gasteiger partial charge in [0.15, 0.2) is 4.91 Å². The van der Waals surface area contributed by atoms with Crippen molar-refractivity contribution >= 4 is 32.8 Å². The van der Waals surface area contributed by atoms with E-state index >= 15 is 0 Å². The summed E-state index contributed by atoms with van der Waals surface area (Å²) in [6, 6.07) is 14.5. The number of nitrogens with zero attached hydrogens (tertiary/aromatic N) is 1. The minimum atomic E-state index is -4.09. The van der Waals surface area contributed by atoms with Crippen LogP contribution >= 0.6 is 11.3 Å². The highest BCUT2D eigenvalue weighted by atomic mass is 32.2. The first-order valence-electron chi connectivity index (χ1n) is 9.36. The lowest BCUT2D eigenvalue weighted by atomic mass is 10.2. The van der Waals surface area contributed by atoms with Gasteiger partial charge < -0.3 is 10.1 Å². The number of thiophene rings is 1. The van der Waals surface area contributed by atoms with E-state index in [1.165, 1.54) is 46.1 Å². The summed E-state index contributed by atoms with van der Waals surface area (Å²) >= 11 is 1.19. The number of benzene rings is 2. The molecule has 0 amide bonds. The summed E-state index contributed by atoms with van der Waals surface area (Å²) in [5, 5.41) is 4.62. The third-order valence-electron chi connectivity index (χ3n) is 4.85. The van der Waals surface area contributed by atoms with Gasteiger partial charge in [-0.1, -0.05) is 24.3 Å². The summed E-state index contributed by atoms with van der Waals surface area (Å²) in [5.74, 6) is -0.226. The number of ketones is 1. The highest BCUT2D eigenvalue weighted by molar-refractivity contribution is 7.97. The number of allylic oxidation sites excluding steroid dienone is 1. The second-order valence-electron chi connectivity index (χ2n) is 6.84. The van der Waals surface area contributed by atoms with Crippen LogP contribution in [0.1, 0.15) is 20.8 Å². The van der Waals surface area contributed by atoms with E-state index in [0.29, 0.717) is 28.4 Å². The molecule has 2 aromatic carbocycles. The van der Waals surface area contributed by atoms with Crippen LogP contribution in [0.5, 0.6) is 5.75 Å². The fraction of sp³-hybridized carbons (Fsp3) is 0.136. The zero-order valence-corrected chi connectivity index (χ0v) is 18.2. The third-order valence-corrected chi connectivity index (χ3v) is 7.52. The number of sulfonamides is 1. The summed E-state index contributed by atoms with van der Waals surface area (Å²) in [6.07, 6.45) is 1.25. The molecule has 9 heteroatoms. The third kappa shape index (κ3) is 4.19. The number of methoxy groups -OCH3 is 1. The zero-order valence-electron chi connectivity index (χ0n) is 16.5. The number of halogens is 1. The lowest BCUT2D eigenvalue weighted by molar-refractivity contribution is 0.104. The van der Waals surface area contributed by atoms with E-state index in [1.807, 2.05) is 12.1 Å². The Balaban J connectivity index is 1.62. The summed E-state index contributed by atoms with van der Waals surface area (Å²) < 4.78 is 46.1. The second-order valence-corrected chi connectivity index (χ2v) is 9.59. The van der Waals surface area contributed by atoms with Crippen LogP contribution in [0.4, 0.5) is 10.1 Å². The molecule has 160 valence electrons. The van der Waals surface area contributed by atoms with Crippen LogP contribution in [0.15, 0.2) is 71.1 Å². The molecule has 4 rings (SSSR count). The minimum absolute atomic E-state index is 0.00452. The molecule has 0 fully saturated rings. The van der Waals surface area contributed by atoms with E-state index in [2.05, 4.69) is 5.32 Å². The lowest BCUT2D eigenvalue weighted by Gasteiger charge is -2.29. The zero-order chi connectivity index (χ0) is 22.0. The number of nitrogens with one attached hydrogen (secondary N) is 1. The molecule has 0 bridgehead atoms. The van der Waals surface area contributed by atoms with Crippen molar-refractivity contribution in [2.75, 3.05) is 11.4 Å². The summed E-state index contributed by atoms with van der Waals surface area (Å²) in [6.45, 7) is 0.334. The fourth-order valence-electron chi connectivity index (χ4n) is 3.22. The van der Waals surface area contributed by atoms with Crippen molar-refractivity contribution in [2.24, 2.45) is 0 Å². The first kappa shape index (κ1) is 21.1. The van der Waals surface area contributed by atoms with Crippen LogP contribution in [0.25, 0.3) is 0 Å². The SMILES string of the molecule is COc1ccc(CN/C=C2/C(=O)c3sccc3N(Cc3ccc(F)cc3)S2(=O)=O)cc1. The summed E-state index contributed by atoms with van der Waals surface area (Å²) in [7, 11) is -2.52. The van der Waals surface area contributed by atoms with E-state index < -0.39 is 21.6 Å². The second kappa shape index (κ2) is 8.52. The summed E-state index contributed by atoms with van der Waals surface area (Å²) in [5.41, 5.74) is 1.85. The first-order valence-corrected chi connectivity index (χ1v) is 11.7. The van der Waals surface area contributed by atoms with Crippen molar-refractivity contribution in [3.8, 4) is 5.75 Å². The van der Waals surface area contributed by atoms with Crippen LogP contribution in [0.3, 0.4) is 0 Å². The quantitative estimate of drug-likeness (QED) is 0.564.